The Morgan fingerprint density at radius 2 is 2.14 bits per heavy atom. The number of hydrogen-bond acceptors (Lipinski definition) is 4. The molecule has 7 nitrogen and oxygen atoms in total. The van der Waals surface area contributed by atoms with Crippen LogP contribution in [-0.4, -0.2) is 39.5 Å². The first-order chi connectivity index (χ1) is 13.7. The molecule has 160 valence electrons. The number of aliphatic hydroxyl groups is 2. The van der Waals surface area contributed by atoms with Crippen LogP contribution in [0.2, 0.25) is 0 Å². The first-order valence-electron chi connectivity index (χ1n) is 10.1. The van der Waals surface area contributed by atoms with Gasteiger partial charge in [-0.25, -0.2) is 0 Å². The Hall–Kier alpha value is -2.26. The third-order valence-electron chi connectivity index (χ3n) is 5.49. The molecular formula is C22H33N3O4. The number of aliphatic hydroxyl groups excluding tert-OH is 2. The van der Waals surface area contributed by atoms with E-state index in [4.69, 9.17) is 10.6 Å². The quantitative estimate of drug-likeness (QED) is 0.119. The number of carbonyl (C=O) groups is 1. The minimum absolute atomic E-state index is 0.0707. The van der Waals surface area contributed by atoms with Crippen molar-refractivity contribution in [3.05, 3.63) is 34.7 Å². The molecule has 1 rings (SSSR count). The first-order valence-corrected chi connectivity index (χ1v) is 10.1. The van der Waals surface area contributed by atoms with E-state index in [2.05, 4.69) is 21.9 Å². The molecule has 0 aliphatic heterocycles. The van der Waals surface area contributed by atoms with Gasteiger partial charge in [0.2, 0.25) is 0 Å². The van der Waals surface area contributed by atoms with Gasteiger partial charge in [0, 0.05) is 35.1 Å². The first kappa shape index (κ1) is 24.8. The molecule has 1 fully saturated rings. The van der Waals surface area contributed by atoms with Gasteiger partial charge in [0.1, 0.15) is 0 Å². The summed E-state index contributed by atoms with van der Waals surface area (Å²) in [6.07, 6.45) is 9.04. The Labute approximate surface area is 173 Å². The van der Waals surface area contributed by atoms with Crippen LogP contribution in [0.5, 0.6) is 0 Å². The maximum atomic E-state index is 10.6. The molecule has 7 heteroatoms. The van der Waals surface area contributed by atoms with E-state index in [9.17, 15) is 15.0 Å². The van der Waals surface area contributed by atoms with Gasteiger partial charge in [-0.2, -0.15) is 0 Å². The zero-order valence-corrected chi connectivity index (χ0v) is 17.5. The van der Waals surface area contributed by atoms with E-state index >= 15 is 0 Å². The lowest BCUT2D eigenvalue weighted by Crippen LogP contribution is -2.28. The van der Waals surface area contributed by atoms with Crippen LogP contribution in [-0.2, 0) is 4.79 Å². The lowest BCUT2D eigenvalue weighted by Gasteiger charge is -2.27. The number of carboxylic acids is 1. The second-order valence-electron chi connectivity index (χ2n) is 8.23. The molecule has 29 heavy (non-hydrogen) atoms. The average molecular weight is 404 g/mol. The van der Waals surface area contributed by atoms with Crippen LogP contribution in [0.4, 0.5) is 0 Å². The van der Waals surface area contributed by atoms with Crippen molar-refractivity contribution in [2.75, 3.05) is 0 Å². The predicted octanol–water partition coefficient (Wildman–Crippen LogP) is 4.22. The van der Waals surface area contributed by atoms with Crippen LogP contribution in [0.25, 0.3) is 10.4 Å². The van der Waals surface area contributed by atoms with Crippen molar-refractivity contribution in [2.24, 2.45) is 22.4 Å². The lowest BCUT2D eigenvalue weighted by molar-refractivity contribution is -0.137. The highest BCUT2D eigenvalue weighted by Crippen LogP contribution is 2.39. The number of unbranched alkanes of at least 4 members (excludes halogenated alkanes) is 1. The number of hydrogen-bond donors (Lipinski definition) is 3. The molecule has 0 unspecified atom stereocenters. The van der Waals surface area contributed by atoms with Gasteiger partial charge >= 0.3 is 5.97 Å². The van der Waals surface area contributed by atoms with Crippen LogP contribution in [0, 0.1) is 29.1 Å². The van der Waals surface area contributed by atoms with Crippen LogP contribution < -0.4 is 0 Å². The SMILES string of the molecule is CC#CCC(C)(C)[C@H](O)/C=C/[C@@H]1[C@@H](C/C=C\CCCC(=O)O)[C@@H](N=[N+]=[N-])C[C@H]1O. The topological polar surface area (TPSA) is 127 Å². The van der Waals surface area contributed by atoms with E-state index < -0.39 is 23.6 Å². The summed E-state index contributed by atoms with van der Waals surface area (Å²) < 4.78 is 0. The van der Waals surface area contributed by atoms with Crippen LogP contribution in [0.3, 0.4) is 0 Å². The number of aliphatic carboxylic acids is 1. The molecule has 0 saturated heterocycles. The van der Waals surface area contributed by atoms with Crippen molar-refractivity contribution in [1.29, 1.82) is 0 Å². The van der Waals surface area contributed by atoms with Gasteiger partial charge in [0.15, 0.2) is 0 Å². The monoisotopic (exact) mass is 403 g/mol. The van der Waals surface area contributed by atoms with Crippen LogP contribution in [0.1, 0.15) is 59.3 Å². The highest BCUT2D eigenvalue weighted by Gasteiger charge is 2.40. The third kappa shape index (κ3) is 8.33. The van der Waals surface area contributed by atoms with Crippen molar-refractivity contribution in [3.8, 4) is 11.8 Å². The number of nitrogens with zero attached hydrogens (tertiary/aromatic N) is 3. The predicted molar refractivity (Wildman–Crippen MR) is 113 cm³/mol. The highest BCUT2D eigenvalue weighted by molar-refractivity contribution is 5.66. The number of rotatable bonds is 11. The van der Waals surface area contributed by atoms with Crippen molar-refractivity contribution < 1.29 is 20.1 Å². The van der Waals surface area contributed by atoms with Gasteiger partial charge in [-0.1, -0.05) is 43.3 Å². The fourth-order valence-corrected chi connectivity index (χ4v) is 3.56. The average Bonchev–Trinajstić information content (AvgIpc) is 2.95. The summed E-state index contributed by atoms with van der Waals surface area (Å²) in [7, 11) is 0. The van der Waals surface area contributed by atoms with Crippen molar-refractivity contribution in [2.45, 2.75) is 77.5 Å². The summed E-state index contributed by atoms with van der Waals surface area (Å²) in [5, 5.41) is 33.6. The van der Waals surface area contributed by atoms with Crippen molar-refractivity contribution >= 4 is 5.97 Å². The van der Waals surface area contributed by atoms with Crippen LogP contribution in [0.15, 0.2) is 29.4 Å². The standard InChI is InChI=1S/C22H33N3O4/c1-4-5-14-22(2,3)20(27)13-12-17-16(18(24-25-23)15-19(17)26)10-8-6-7-9-11-21(28)29/h6,8,12-13,16-20,26-27H,7,9-11,14-15H2,1-3H3,(H,28,29)/b8-6-,13-12+/t16-,17-,18+,19-,20-/m1/s1. The van der Waals surface area contributed by atoms with E-state index in [0.717, 1.165) is 0 Å². The summed E-state index contributed by atoms with van der Waals surface area (Å²) in [5.41, 5.74) is 8.44. The summed E-state index contributed by atoms with van der Waals surface area (Å²) in [4.78, 5) is 13.5. The van der Waals surface area contributed by atoms with Crippen LogP contribution >= 0.6 is 0 Å². The molecular weight excluding hydrogens is 370 g/mol. The molecule has 0 aromatic rings. The zero-order chi connectivity index (χ0) is 21.9. The van der Waals surface area contributed by atoms with Crippen molar-refractivity contribution in [3.63, 3.8) is 0 Å². The molecule has 0 heterocycles. The third-order valence-corrected chi connectivity index (χ3v) is 5.49. The summed E-state index contributed by atoms with van der Waals surface area (Å²) >= 11 is 0. The molecule has 1 aliphatic carbocycles. The molecule has 0 amide bonds. The minimum Gasteiger partial charge on any atom is -0.481 e. The van der Waals surface area contributed by atoms with Gasteiger partial charge in [0.25, 0.3) is 0 Å². The van der Waals surface area contributed by atoms with Gasteiger partial charge in [-0.05, 0) is 44.1 Å². The summed E-state index contributed by atoms with van der Waals surface area (Å²) in [6, 6.07) is -0.315. The summed E-state index contributed by atoms with van der Waals surface area (Å²) in [5.74, 6) is 4.73. The Bertz CT molecular complexity index is 699. The highest BCUT2D eigenvalue weighted by atomic mass is 16.4. The largest absolute Gasteiger partial charge is 0.481 e. The summed E-state index contributed by atoms with van der Waals surface area (Å²) in [6.45, 7) is 5.65. The van der Waals surface area contributed by atoms with Gasteiger partial charge < -0.3 is 15.3 Å². The van der Waals surface area contributed by atoms with E-state index in [1.165, 1.54) is 0 Å². The van der Waals surface area contributed by atoms with E-state index in [1.807, 2.05) is 32.1 Å². The molecule has 3 N–H and O–H groups in total. The zero-order valence-electron chi connectivity index (χ0n) is 17.5. The van der Waals surface area contributed by atoms with Crippen molar-refractivity contribution in [1.82, 2.24) is 0 Å². The lowest BCUT2D eigenvalue weighted by atomic mass is 9.81. The van der Waals surface area contributed by atoms with Gasteiger partial charge in [-0.15, -0.1) is 11.8 Å². The molecule has 5 atom stereocenters. The molecule has 0 aromatic heterocycles. The Balaban J connectivity index is 2.82. The van der Waals surface area contributed by atoms with E-state index in [1.54, 1.807) is 13.0 Å². The Morgan fingerprint density at radius 3 is 2.76 bits per heavy atom. The molecule has 0 spiro atoms. The Morgan fingerprint density at radius 1 is 1.41 bits per heavy atom. The number of allylic oxidation sites excluding steroid dienone is 2. The second-order valence-corrected chi connectivity index (χ2v) is 8.23. The molecule has 0 aromatic carbocycles. The maximum Gasteiger partial charge on any atom is 0.303 e. The number of carboxylic acid groups (broad SMARTS) is 1. The number of azide groups is 1. The molecule has 0 radical (unpaired) electrons. The minimum atomic E-state index is -0.808. The molecule has 1 saturated carbocycles. The second kappa shape index (κ2) is 12.3. The molecule has 1 aliphatic rings. The maximum absolute atomic E-state index is 10.6. The van der Waals surface area contributed by atoms with E-state index in [0.29, 0.717) is 32.1 Å². The Kier molecular flexibility index (Phi) is 10.5. The smallest absolute Gasteiger partial charge is 0.303 e. The normalized spacial score (nSPS) is 25.6. The van der Waals surface area contributed by atoms with E-state index in [-0.39, 0.29) is 24.3 Å². The van der Waals surface area contributed by atoms with Gasteiger partial charge in [0.05, 0.1) is 12.2 Å². The van der Waals surface area contributed by atoms with Gasteiger partial charge in [-0.3, -0.25) is 4.79 Å². The fraction of sp³-hybridized carbons (Fsp3) is 0.682. The fourth-order valence-electron chi connectivity index (χ4n) is 3.56. The molecule has 0 bridgehead atoms.